The van der Waals surface area contributed by atoms with Crippen molar-refractivity contribution in [1.29, 1.82) is 0 Å². The predicted molar refractivity (Wildman–Crippen MR) is 93.1 cm³/mol. The molecule has 0 heterocycles. The molecule has 0 radical (unpaired) electrons. The van der Waals surface area contributed by atoms with E-state index < -0.39 is 11.2 Å². The molecule has 1 unspecified atom stereocenters. The van der Waals surface area contributed by atoms with Crippen LogP contribution in [0.4, 0.5) is 0 Å². The van der Waals surface area contributed by atoms with E-state index >= 15 is 0 Å². The van der Waals surface area contributed by atoms with Gasteiger partial charge >= 0.3 is 0 Å². The number of aliphatic hydroxyl groups is 2. The van der Waals surface area contributed by atoms with E-state index in [4.69, 9.17) is 0 Å². The molecule has 136 valence electrons. The second-order valence-corrected chi connectivity index (χ2v) is 9.95. The third-order valence-corrected chi connectivity index (χ3v) is 9.30. The van der Waals surface area contributed by atoms with Gasteiger partial charge in [-0.3, -0.25) is 4.79 Å². The van der Waals surface area contributed by atoms with E-state index in [9.17, 15) is 15.0 Å². The Bertz CT molecular complexity index is 541. The van der Waals surface area contributed by atoms with Crippen molar-refractivity contribution in [2.45, 2.75) is 84.3 Å². The Morgan fingerprint density at radius 3 is 2.42 bits per heavy atom. The molecule has 0 bridgehead atoms. The maximum atomic E-state index is 12.2. The zero-order chi connectivity index (χ0) is 17.3. The molecule has 4 fully saturated rings. The molecule has 2 N–H and O–H groups in total. The number of hydrogen-bond donors (Lipinski definition) is 2. The molecule has 3 nitrogen and oxygen atoms in total. The monoisotopic (exact) mass is 334 g/mol. The Hall–Kier alpha value is -0.410. The van der Waals surface area contributed by atoms with Gasteiger partial charge in [-0.25, -0.2) is 0 Å². The van der Waals surface area contributed by atoms with Crippen LogP contribution in [0.1, 0.15) is 78.6 Å². The van der Waals surface area contributed by atoms with E-state index in [1.807, 2.05) is 6.92 Å². The lowest BCUT2D eigenvalue weighted by molar-refractivity contribution is -0.312. The molecule has 4 rings (SSSR count). The summed E-state index contributed by atoms with van der Waals surface area (Å²) in [4.78, 5) is 12.2. The van der Waals surface area contributed by atoms with E-state index in [0.29, 0.717) is 24.2 Å². The molecular formula is C21H34O3. The van der Waals surface area contributed by atoms with Crippen molar-refractivity contribution in [3.63, 3.8) is 0 Å². The highest BCUT2D eigenvalue weighted by Crippen LogP contribution is 2.69. The van der Waals surface area contributed by atoms with Gasteiger partial charge in [0.2, 0.25) is 0 Å². The Labute approximate surface area is 146 Å². The molecule has 3 heteroatoms. The van der Waals surface area contributed by atoms with Gasteiger partial charge in [-0.1, -0.05) is 26.7 Å². The number of rotatable bonds is 1. The Morgan fingerprint density at radius 1 is 0.958 bits per heavy atom. The second kappa shape index (κ2) is 5.30. The fourth-order valence-corrected chi connectivity index (χ4v) is 7.93. The summed E-state index contributed by atoms with van der Waals surface area (Å²) in [6.07, 6.45) is 10.0. The van der Waals surface area contributed by atoms with Gasteiger partial charge in [0.05, 0.1) is 0 Å². The van der Waals surface area contributed by atoms with E-state index in [1.165, 1.54) is 38.5 Å². The number of carbonyl (C=O) groups is 1. The average molecular weight is 335 g/mol. The van der Waals surface area contributed by atoms with Crippen molar-refractivity contribution in [3.8, 4) is 0 Å². The Balaban J connectivity index is 1.74. The molecule has 0 saturated heterocycles. The number of Topliss-reactive ketones (excluding diaryl/α,β-unsaturated/α-hetero) is 1. The van der Waals surface area contributed by atoms with E-state index in [-0.39, 0.29) is 17.1 Å². The molecule has 7 atom stereocenters. The van der Waals surface area contributed by atoms with E-state index in [0.717, 1.165) is 18.8 Å². The van der Waals surface area contributed by atoms with Crippen molar-refractivity contribution in [2.75, 3.05) is 0 Å². The summed E-state index contributed by atoms with van der Waals surface area (Å²) in [5, 5.41) is 22.3. The van der Waals surface area contributed by atoms with Crippen molar-refractivity contribution < 1.29 is 15.0 Å². The minimum atomic E-state index is -1.70. The topological polar surface area (TPSA) is 57.5 Å². The van der Waals surface area contributed by atoms with Gasteiger partial charge < -0.3 is 10.2 Å². The summed E-state index contributed by atoms with van der Waals surface area (Å²) in [6, 6.07) is 0. The first-order valence-corrected chi connectivity index (χ1v) is 10.2. The molecule has 24 heavy (non-hydrogen) atoms. The van der Waals surface area contributed by atoms with Crippen molar-refractivity contribution in [3.05, 3.63) is 0 Å². The number of ketones is 1. The van der Waals surface area contributed by atoms with Gasteiger partial charge in [0.25, 0.3) is 0 Å². The van der Waals surface area contributed by atoms with Gasteiger partial charge in [-0.15, -0.1) is 0 Å². The summed E-state index contributed by atoms with van der Waals surface area (Å²) < 4.78 is 0. The molecule has 4 aliphatic carbocycles. The number of fused-ring (bicyclic) bond motifs is 5. The molecule has 0 aromatic rings. The zero-order valence-corrected chi connectivity index (χ0v) is 15.6. The smallest absolute Gasteiger partial charge is 0.169 e. The van der Waals surface area contributed by atoms with Gasteiger partial charge in [0.1, 0.15) is 5.78 Å². The predicted octanol–water partition coefficient (Wildman–Crippen LogP) is 3.92. The van der Waals surface area contributed by atoms with Crippen LogP contribution in [0.25, 0.3) is 0 Å². The SMILES string of the molecule is CC(=O)[C@H]1CC[C@H]2[C@@H]3CCC4CCCC[C@]4(C)[C@H]3CC(O)(O)[C@]12C. The molecular weight excluding hydrogens is 300 g/mol. The molecule has 0 spiro atoms. The summed E-state index contributed by atoms with van der Waals surface area (Å²) in [6.45, 7) is 6.08. The van der Waals surface area contributed by atoms with Crippen molar-refractivity contribution >= 4 is 5.78 Å². The van der Waals surface area contributed by atoms with Crippen LogP contribution in [-0.4, -0.2) is 21.8 Å². The first kappa shape index (κ1) is 17.0. The standard InChI is InChI=1S/C21H34O3/c1-13(22)16-9-10-17-15-8-7-14-6-4-5-11-19(14,2)18(15)12-21(23,24)20(16,17)3/h14-18,23-24H,4-12H2,1-3H3/t14?,15-,16+,17-,18-,19-,20+/m0/s1. The molecule has 0 aliphatic heterocycles. The third-order valence-electron chi connectivity index (χ3n) is 9.30. The van der Waals surface area contributed by atoms with E-state index in [2.05, 4.69) is 6.92 Å². The van der Waals surface area contributed by atoms with Gasteiger partial charge in [-0.2, -0.15) is 0 Å². The number of carbonyl (C=O) groups excluding carboxylic acids is 1. The van der Waals surface area contributed by atoms with Crippen LogP contribution in [0.2, 0.25) is 0 Å². The molecule has 0 aromatic carbocycles. The van der Waals surface area contributed by atoms with Crippen LogP contribution < -0.4 is 0 Å². The molecule has 4 saturated carbocycles. The van der Waals surface area contributed by atoms with Gasteiger partial charge in [0.15, 0.2) is 5.79 Å². The summed E-state index contributed by atoms with van der Waals surface area (Å²) >= 11 is 0. The highest BCUT2D eigenvalue weighted by molar-refractivity contribution is 5.79. The first-order chi connectivity index (χ1) is 11.2. The van der Waals surface area contributed by atoms with Crippen LogP contribution in [0.5, 0.6) is 0 Å². The molecule has 0 aromatic heterocycles. The minimum absolute atomic E-state index is 0.142. The maximum Gasteiger partial charge on any atom is 0.169 e. The quantitative estimate of drug-likeness (QED) is 0.715. The van der Waals surface area contributed by atoms with Crippen LogP contribution in [0, 0.1) is 40.4 Å². The summed E-state index contributed by atoms with van der Waals surface area (Å²) in [7, 11) is 0. The van der Waals surface area contributed by atoms with Crippen molar-refractivity contribution in [1.82, 2.24) is 0 Å². The van der Waals surface area contributed by atoms with Gasteiger partial charge in [0, 0.05) is 17.8 Å². The first-order valence-electron chi connectivity index (χ1n) is 10.2. The summed E-state index contributed by atoms with van der Waals surface area (Å²) in [5.74, 6) is 0.298. The zero-order valence-electron chi connectivity index (χ0n) is 15.6. The normalized spacial score (nSPS) is 53.0. The van der Waals surface area contributed by atoms with Crippen molar-refractivity contribution in [2.24, 2.45) is 40.4 Å². The fourth-order valence-electron chi connectivity index (χ4n) is 7.93. The lowest BCUT2D eigenvalue weighted by Gasteiger charge is -2.63. The lowest BCUT2D eigenvalue weighted by atomic mass is 9.43. The minimum Gasteiger partial charge on any atom is -0.365 e. The summed E-state index contributed by atoms with van der Waals surface area (Å²) in [5.41, 5.74) is -0.384. The third kappa shape index (κ3) is 2.00. The molecule has 4 aliphatic rings. The Kier molecular flexibility index (Phi) is 3.76. The highest BCUT2D eigenvalue weighted by Gasteiger charge is 2.68. The number of hydrogen-bond acceptors (Lipinski definition) is 3. The van der Waals surface area contributed by atoms with Gasteiger partial charge in [-0.05, 0) is 74.5 Å². The average Bonchev–Trinajstić information content (AvgIpc) is 2.87. The Morgan fingerprint density at radius 2 is 1.71 bits per heavy atom. The van der Waals surface area contributed by atoms with Crippen LogP contribution in [0.3, 0.4) is 0 Å². The highest BCUT2D eigenvalue weighted by atomic mass is 16.5. The fraction of sp³-hybridized carbons (Fsp3) is 0.952. The molecule has 0 amide bonds. The van der Waals surface area contributed by atoms with E-state index in [1.54, 1.807) is 6.92 Å². The van der Waals surface area contributed by atoms with Crippen LogP contribution >= 0.6 is 0 Å². The van der Waals surface area contributed by atoms with Crippen LogP contribution in [-0.2, 0) is 4.79 Å². The lowest BCUT2D eigenvalue weighted by Crippen LogP contribution is -2.64. The largest absolute Gasteiger partial charge is 0.365 e. The maximum absolute atomic E-state index is 12.2. The second-order valence-electron chi connectivity index (χ2n) is 9.95. The van der Waals surface area contributed by atoms with Crippen LogP contribution in [0.15, 0.2) is 0 Å².